The maximum absolute atomic E-state index is 6.22. The average Bonchev–Trinajstić information content (AvgIpc) is 3.03. The van der Waals surface area contributed by atoms with Crippen LogP contribution in [0.1, 0.15) is 18.4 Å². The number of nitrogens with one attached hydrogen (secondary N) is 1. The van der Waals surface area contributed by atoms with Gasteiger partial charge in [-0.3, -0.25) is 0 Å². The summed E-state index contributed by atoms with van der Waals surface area (Å²) in [5, 5.41) is 7.59. The number of thiophene rings is 1. The smallest absolute Gasteiger partial charge is 0.130 e. The van der Waals surface area contributed by atoms with E-state index in [1.165, 1.54) is 14.8 Å². The van der Waals surface area contributed by atoms with Crippen LogP contribution in [0.4, 0.5) is 0 Å². The monoisotopic (exact) mass is 306 g/mol. The van der Waals surface area contributed by atoms with Gasteiger partial charge in [0.05, 0.1) is 19.9 Å². The molecule has 0 aliphatic heterocycles. The molecule has 1 N–H and O–H groups in total. The van der Waals surface area contributed by atoms with Gasteiger partial charge in [0.25, 0.3) is 0 Å². The van der Waals surface area contributed by atoms with Gasteiger partial charge in [0.2, 0.25) is 0 Å². The highest BCUT2D eigenvalue weighted by Gasteiger charge is 2.15. The Hall–Kier alpha value is -1.17. The van der Waals surface area contributed by atoms with Gasteiger partial charge in [0.15, 0.2) is 0 Å². The number of fused-ring (bicyclic) bond motifs is 3. The van der Waals surface area contributed by atoms with E-state index in [1.807, 2.05) is 7.05 Å². The molecule has 3 nitrogen and oxygen atoms in total. The summed E-state index contributed by atoms with van der Waals surface area (Å²) < 4.78 is 8.67. The number of rotatable bonds is 5. The van der Waals surface area contributed by atoms with Crippen molar-refractivity contribution in [3.05, 3.63) is 22.5 Å². The maximum Gasteiger partial charge on any atom is 0.130 e. The Morgan fingerprint density at radius 3 is 3.05 bits per heavy atom. The number of aromatic nitrogens is 1. The molecular formula is C15H18N2OS2. The van der Waals surface area contributed by atoms with Gasteiger partial charge in [0.1, 0.15) is 11.9 Å². The lowest BCUT2D eigenvalue weighted by Gasteiger charge is -2.18. The number of hydrogen-bond acceptors (Lipinski definition) is 5. The molecule has 2 aromatic heterocycles. The van der Waals surface area contributed by atoms with Crippen molar-refractivity contribution in [3.8, 4) is 5.75 Å². The number of thiazole rings is 1. The minimum Gasteiger partial charge on any atom is -0.488 e. The molecule has 0 saturated carbocycles. The van der Waals surface area contributed by atoms with E-state index < -0.39 is 0 Å². The fraction of sp³-hybridized carbons (Fsp3) is 0.400. The molecule has 20 heavy (non-hydrogen) atoms. The molecule has 1 atom stereocenters. The van der Waals surface area contributed by atoms with Crippen LogP contribution in [0.15, 0.2) is 17.5 Å². The van der Waals surface area contributed by atoms with E-state index in [-0.39, 0.29) is 6.10 Å². The first-order valence-electron chi connectivity index (χ1n) is 6.81. The molecule has 2 heterocycles. The molecule has 1 aromatic carbocycles. The Morgan fingerprint density at radius 1 is 1.45 bits per heavy atom. The normalized spacial score (nSPS) is 13.2. The van der Waals surface area contributed by atoms with Gasteiger partial charge in [-0.05, 0) is 31.8 Å². The number of likely N-dealkylation sites (N-methyl/N-ethyl adjacent to an activating group) is 1. The Balaban J connectivity index is 2.10. The quantitative estimate of drug-likeness (QED) is 0.767. The van der Waals surface area contributed by atoms with Crippen LogP contribution in [0.2, 0.25) is 0 Å². The van der Waals surface area contributed by atoms with E-state index >= 15 is 0 Å². The van der Waals surface area contributed by atoms with E-state index in [4.69, 9.17) is 4.74 Å². The van der Waals surface area contributed by atoms with Crippen LogP contribution < -0.4 is 10.1 Å². The lowest BCUT2D eigenvalue weighted by molar-refractivity contribution is 0.199. The molecule has 0 aliphatic rings. The van der Waals surface area contributed by atoms with Crippen molar-refractivity contribution in [1.29, 1.82) is 0 Å². The number of hydrogen-bond donors (Lipinski definition) is 1. The number of nitrogens with zero attached hydrogens (tertiary/aromatic N) is 1. The highest BCUT2D eigenvalue weighted by Crippen LogP contribution is 2.39. The molecule has 0 radical (unpaired) electrons. The van der Waals surface area contributed by atoms with Crippen LogP contribution >= 0.6 is 22.7 Å². The lowest BCUT2D eigenvalue weighted by atomic mass is 10.2. The van der Waals surface area contributed by atoms with Crippen molar-refractivity contribution in [1.82, 2.24) is 10.3 Å². The Labute approximate surface area is 126 Å². The number of ether oxygens (including phenoxy) is 1. The molecule has 0 amide bonds. The average molecular weight is 306 g/mol. The van der Waals surface area contributed by atoms with Gasteiger partial charge in [0, 0.05) is 18.0 Å². The molecule has 1 unspecified atom stereocenters. The lowest BCUT2D eigenvalue weighted by Crippen LogP contribution is -2.28. The van der Waals surface area contributed by atoms with Gasteiger partial charge in [-0.15, -0.1) is 22.7 Å². The van der Waals surface area contributed by atoms with Crippen LogP contribution in [-0.2, 0) is 0 Å². The van der Waals surface area contributed by atoms with Crippen molar-refractivity contribution >= 4 is 43.0 Å². The summed E-state index contributed by atoms with van der Waals surface area (Å²) >= 11 is 3.47. The molecule has 0 aliphatic carbocycles. The Morgan fingerprint density at radius 2 is 2.30 bits per heavy atom. The van der Waals surface area contributed by atoms with Crippen LogP contribution in [0.25, 0.3) is 20.3 Å². The number of aryl methyl sites for hydroxylation is 1. The summed E-state index contributed by atoms with van der Waals surface area (Å²) in [5.41, 5.74) is 1.12. The summed E-state index contributed by atoms with van der Waals surface area (Å²) in [5.74, 6) is 0.986. The maximum atomic E-state index is 6.22. The van der Waals surface area contributed by atoms with Crippen molar-refractivity contribution < 1.29 is 4.74 Å². The molecule has 3 rings (SSSR count). The summed E-state index contributed by atoms with van der Waals surface area (Å²) in [6.45, 7) is 5.07. The molecular weight excluding hydrogens is 288 g/mol. The summed E-state index contributed by atoms with van der Waals surface area (Å²) in [6, 6.07) is 4.28. The van der Waals surface area contributed by atoms with Gasteiger partial charge in [-0.25, -0.2) is 4.98 Å². The summed E-state index contributed by atoms with van der Waals surface area (Å²) in [4.78, 5) is 4.65. The summed E-state index contributed by atoms with van der Waals surface area (Å²) in [7, 11) is 1.96. The van der Waals surface area contributed by atoms with E-state index in [2.05, 4.69) is 41.7 Å². The second-order valence-corrected chi connectivity index (χ2v) is 6.97. The fourth-order valence-corrected chi connectivity index (χ4v) is 4.19. The first kappa shape index (κ1) is 13.8. The zero-order chi connectivity index (χ0) is 14.1. The second kappa shape index (κ2) is 5.68. The topological polar surface area (TPSA) is 34.1 Å². The van der Waals surface area contributed by atoms with Gasteiger partial charge < -0.3 is 10.1 Å². The Kier molecular flexibility index (Phi) is 3.92. The highest BCUT2D eigenvalue weighted by atomic mass is 32.1. The Bertz CT molecular complexity index is 732. The zero-order valence-corrected chi connectivity index (χ0v) is 13.5. The largest absolute Gasteiger partial charge is 0.488 e. The fourth-order valence-electron chi connectivity index (χ4n) is 2.36. The van der Waals surface area contributed by atoms with E-state index in [0.29, 0.717) is 0 Å². The highest BCUT2D eigenvalue weighted by molar-refractivity contribution is 7.21. The minimum atomic E-state index is 0.203. The van der Waals surface area contributed by atoms with E-state index in [1.54, 1.807) is 22.7 Å². The molecule has 0 spiro atoms. The van der Waals surface area contributed by atoms with Gasteiger partial charge >= 0.3 is 0 Å². The van der Waals surface area contributed by atoms with Crippen LogP contribution in [0.3, 0.4) is 0 Å². The predicted molar refractivity (Wildman–Crippen MR) is 88.4 cm³/mol. The number of benzene rings is 1. The minimum absolute atomic E-state index is 0.203. The van der Waals surface area contributed by atoms with E-state index in [9.17, 15) is 0 Å². The van der Waals surface area contributed by atoms with Crippen molar-refractivity contribution in [3.63, 3.8) is 0 Å². The van der Waals surface area contributed by atoms with Crippen LogP contribution in [-0.4, -0.2) is 24.7 Å². The van der Waals surface area contributed by atoms with Crippen molar-refractivity contribution in [2.75, 3.05) is 13.6 Å². The van der Waals surface area contributed by atoms with Crippen LogP contribution in [0.5, 0.6) is 5.75 Å². The first-order valence-corrected chi connectivity index (χ1v) is 8.51. The molecule has 5 heteroatoms. The third-order valence-electron chi connectivity index (χ3n) is 3.35. The molecule has 0 saturated heterocycles. The zero-order valence-electron chi connectivity index (χ0n) is 11.9. The van der Waals surface area contributed by atoms with Gasteiger partial charge in [-0.2, -0.15) is 0 Å². The molecule has 3 aromatic rings. The SMILES string of the molecule is CCC(CNC)Oc1cc2sc(C)nc2c2sccc12. The first-order chi connectivity index (χ1) is 9.72. The molecule has 0 fully saturated rings. The third kappa shape index (κ3) is 2.41. The van der Waals surface area contributed by atoms with Crippen molar-refractivity contribution in [2.45, 2.75) is 26.4 Å². The van der Waals surface area contributed by atoms with Crippen molar-refractivity contribution in [2.24, 2.45) is 0 Å². The third-order valence-corrected chi connectivity index (χ3v) is 5.19. The van der Waals surface area contributed by atoms with Crippen LogP contribution in [0, 0.1) is 6.92 Å². The van der Waals surface area contributed by atoms with Gasteiger partial charge in [-0.1, -0.05) is 6.92 Å². The molecule has 106 valence electrons. The molecule has 0 bridgehead atoms. The van der Waals surface area contributed by atoms with E-state index in [0.717, 1.165) is 29.2 Å². The second-order valence-electron chi connectivity index (χ2n) is 4.82. The standard InChI is InChI=1S/C15H18N2OS2/c1-4-10(8-16-3)18-12-7-13-14(17-9(2)20-13)15-11(12)5-6-19-15/h5-7,10,16H,4,8H2,1-3H3. The summed E-state index contributed by atoms with van der Waals surface area (Å²) in [6.07, 6.45) is 1.20. The predicted octanol–water partition coefficient (Wildman–Crippen LogP) is 4.20.